The summed E-state index contributed by atoms with van der Waals surface area (Å²) in [6, 6.07) is 10.1. The Morgan fingerprint density at radius 1 is 1.39 bits per heavy atom. The summed E-state index contributed by atoms with van der Waals surface area (Å²) in [7, 11) is 0. The fourth-order valence-corrected chi connectivity index (χ4v) is 3.94. The van der Waals surface area contributed by atoms with E-state index in [1.165, 1.54) is 0 Å². The highest BCUT2D eigenvalue weighted by Crippen LogP contribution is 2.61. The summed E-state index contributed by atoms with van der Waals surface area (Å²) >= 11 is 0. The van der Waals surface area contributed by atoms with E-state index in [4.69, 9.17) is 4.74 Å². The first-order chi connectivity index (χ1) is 11.2. The van der Waals surface area contributed by atoms with Gasteiger partial charge in [0.15, 0.2) is 5.69 Å². The van der Waals surface area contributed by atoms with Crippen LogP contribution in [0, 0.1) is 11.8 Å². The summed E-state index contributed by atoms with van der Waals surface area (Å²) in [6.07, 6.45) is 0.828. The van der Waals surface area contributed by atoms with Gasteiger partial charge in [-0.3, -0.25) is 4.68 Å². The number of carbonyl (C=O) groups is 1. The normalized spacial score (nSPS) is 24.2. The van der Waals surface area contributed by atoms with Crippen molar-refractivity contribution in [1.82, 2.24) is 9.78 Å². The Balaban J connectivity index is 1.71. The van der Waals surface area contributed by atoms with Crippen LogP contribution in [0.2, 0.25) is 0 Å². The molecular weight excluding hydrogens is 292 g/mol. The van der Waals surface area contributed by atoms with Crippen molar-refractivity contribution < 1.29 is 14.6 Å². The Bertz CT molecular complexity index is 738. The summed E-state index contributed by atoms with van der Waals surface area (Å²) in [5.41, 5.74) is 3.76. The van der Waals surface area contributed by atoms with E-state index >= 15 is 0 Å². The molecule has 0 radical (unpaired) electrons. The van der Waals surface area contributed by atoms with Gasteiger partial charge in [0, 0.05) is 23.8 Å². The number of rotatable bonds is 5. The zero-order valence-corrected chi connectivity index (χ0v) is 13.1. The maximum absolute atomic E-state index is 12.2. The molecule has 5 heteroatoms. The van der Waals surface area contributed by atoms with Crippen LogP contribution in [-0.2, 0) is 17.7 Å². The van der Waals surface area contributed by atoms with Crippen LogP contribution in [-0.4, -0.2) is 34.1 Å². The average Bonchev–Trinajstić information content (AvgIpc) is 2.92. The molecule has 2 aliphatic rings. The number of aliphatic hydroxyl groups excluding tert-OH is 1. The second-order valence-electron chi connectivity index (χ2n) is 6.32. The summed E-state index contributed by atoms with van der Waals surface area (Å²) in [4.78, 5) is 12.2. The van der Waals surface area contributed by atoms with E-state index in [1.807, 2.05) is 22.9 Å². The predicted octanol–water partition coefficient (Wildman–Crippen LogP) is 1.99. The van der Waals surface area contributed by atoms with Crippen molar-refractivity contribution in [2.45, 2.75) is 25.8 Å². The fourth-order valence-electron chi connectivity index (χ4n) is 3.94. The topological polar surface area (TPSA) is 64.3 Å². The van der Waals surface area contributed by atoms with Gasteiger partial charge < -0.3 is 9.84 Å². The van der Waals surface area contributed by atoms with Gasteiger partial charge in [0.05, 0.1) is 13.2 Å². The number of ether oxygens (including phenoxy) is 1. The molecule has 0 amide bonds. The van der Waals surface area contributed by atoms with Gasteiger partial charge in [-0.1, -0.05) is 30.3 Å². The molecule has 1 heterocycles. The second kappa shape index (κ2) is 5.49. The number of nitrogens with zero attached hydrogens (tertiary/aromatic N) is 2. The van der Waals surface area contributed by atoms with Gasteiger partial charge in [-0.15, -0.1) is 0 Å². The lowest BCUT2D eigenvalue weighted by atomic mass is 10.1. The van der Waals surface area contributed by atoms with Crippen LogP contribution in [0.5, 0.6) is 0 Å². The molecule has 2 aliphatic carbocycles. The van der Waals surface area contributed by atoms with Gasteiger partial charge in [-0.05, 0) is 30.7 Å². The third-order valence-corrected chi connectivity index (χ3v) is 5.04. The average molecular weight is 312 g/mol. The highest BCUT2D eigenvalue weighted by atomic mass is 16.5. The van der Waals surface area contributed by atoms with Gasteiger partial charge in [-0.2, -0.15) is 5.10 Å². The second-order valence-corrected chi connectivity index (χ2v) is 6.32. The number of esters is 1. The molecule has 5 nitrogen and oxygen atoms in total. The molecule has 1 fully saturated rings. The molecule has 1 aromatic carbocycles. The Labute approximate surface area is 134 Å². The van der Waals surface area contributed by atoms with Crippen LogP contribution in [0.1, 0.15) is 40.2 Å². The maximum atomic E-state index is 12.2. The van der Waals surface area contributed by atoms with Crippen molar-refractivity contribution in [2.24, 2.45) is 11.8 Å². The molecule has 23 heavy (non-hydrogen) atoms. The standard InChI is InChI=1S/C18H20N2O3/c1-2-23-18(22)16-13-8-12-14(10-21)15(12)17(13)20(19-16)9-11-6-4-3-5-7-11/h3-7,12,14-15,21H,2,8-10H2,1H3/t12-,14-,15-/m0/s1. The molecule has 3 atom stereocenters. The molecule has 4 rings (SSSR count). The fraction of sp³-hybridized carbons (Fsp3) is 0.444. The molecule has 0 bridgehead atoms. The largest absolute Gasteiger partial charge is 0.461 e. The third-order valence-electron chi connectivity index (χ3n) is 5.04. The predicted molar refractivity (Wildman–Crippen MR) is 84.2 cm³/mol. The van der Waals surface area contributed by atoms with Crippen LogP contribution in [0.3, 0.4) is 0 Å². The van der Waals surface area contributed by atoms with E-state index in [1.54, 1.807) is 6.92 Å². The van der Waals surface area contributed by atoms with E-state index in [2.05, 4.69) is 17.2 Å². The molecule has 1 saturated carbocycles. The molecule has 120 valence electrons. The first kappa shape index (κ1) is 14.5. The van der Waals surface area contributed by atoms with Gasteiger partial charge >= 0.3 is 5.97 Å². The molecule has 1 N–H and O–H groups in total. The molecule has 0 saturated heterocycles. The van der Waals surface area contributed by atoms with Crippen molar-refractivity contribution >= 4 is 5.97 Å². The van der Waals surface area contributed by atoms with E-state index in [0.29, 0.717) is 36.6 Å². The molecule has 0 spiro atoms. The van der Waals surface area contributed by atoms with E-state index in [0.717, 1.165) is 23.2 Å². The van der Waals surface area contributed by atoms with E-state index < -0.39 is 0 Å². The molecule has 1 aromatic heterocycles. The Kier molecular flexibility index (Phi) is 3.45. The summed E-state index contributed by atoms with van der Waals surface area (Å²) in [6.45, 7) is 3.01. The summed E-state index contributed by atoms with van der Waals surface area (Å²) < 4.78 is 7.10. The quantitative estimate of drug-likeness (QED) is 0.858. The lowest BCUT2D eigenvalue weighted by Gasteiger charge is -2.07. The Hall–Kier alpha value is -2.14. The lowest BCUT2D eigenvalue weighted by molar-refractivity contribution is 0.0517. The van der Waals surface area contributed by atoms with E-state index in [9.17, 15) is 9.90 Å². The first-order valence-corrected chi connectivity index (χ1v) is 8.16. The van der Waals surface area contributed by atoms with Crippen LogP contribution in [0.25, 0.3) is 0 Å². The highest BCUT2D eigenvalue weighted by molar-refractivity contribution is 5.89. The van der Waals surface area contributed by atoms with Gasteiger partial charge in [0.25, 0.3) is 0 Å². The van der Waals surface area contributed by atoms with Crippen LogP contribution < -0.4 is 0 Å². The molecule has 0 unspecified atom stereocenters. The monoisotopic (exact) mass is 312 g/mol. The summed E-state index contributed by atoms with van der Waals surface area (Å²) in [5, 5.41) is 14.0. The minimum absolute atomic E-state index is 0.208. The van der Waals surface area contributed by atoms with Gasteiger partial charge in [0.2, 0.25) is 0 Å². The zero-order valence-electron chi connectivity index (χ0n) is 13.1. The van der Waals surface area contributed by atoms with Crippen molar-refractivity contribution in [3.8, 4) is 0 Å². The smallest absolute Gasteiger partial charge is 0.359 e. The van der Waals surface area contributed by atoms with Crippen LogP contribution in [0.15, 0.2) is 30.3 Å². The maximum Gasteiger partial charge on any atom is 0.359 e. The van der Waals surface area contributed by atoms with Crippen LogP contribution in [0.4, 0.5) is 0 Å². The number of benzene rings is 1. The SMILES string of the molecule is CCOC(=O)c1nn(Cc2ccccc2)c2c1C[C@H]1[C@H](CO)[C@@H]21. The number of hydrogen-bond donors (Lipinski definition) is 1. The van der Waals surface area contributed by atoms with Crippen molar-refractivity contribution in [1.29, 1.82) is 0 Å². The minimum Gasteiger partial charge on any atom is -0.461 e. The number of fused-ring (bicyclic) bond motifs is 3. The van der Waals surface area contributed by atoms with Crippen molar-refractivity contribution in [2.75, 3.05) is 13.2 Å². The third kappa shape index (κ3) is 2.27. The zero-order chi connectivity index (χ0) is 16.0. The minimum atomic E-state index is -0.336. The Morgan fingerprint density at radius 3 is 2.87 bits per heavy atom. The molecule has 0 aliphatic heterocycles. The number of carbonyl (C=O) groups excluding carboxylic acids is 1. The highest BCUT2D eigenvalue weighted by Gasteiger charge is 2.58. The summed E-state index contributed by atoms with van der Waals surface area (Å²) in [5.74, 6) is 0.791. The number of hydrogen-bond acceptors (Lipinski definition) is 4. The van der Waals surface area contributed by atoms with Crippen molar-refractivity contribution in [3.63, 3.8) is 0 Å². The molecule has 2 aromatic rings. The van der Waals surface area contributed by atoms with Gasteiger partial charge in [0.1, 0.15) is 0 Å². The van der Waals surface area contributed by atoms with Crippen LogP contribution >= 0.6 is 0 Å². The number of aliphatic hydroxyl groups is 1. The van der Waals surface area contributed by atoms with Gasteiger partial charge in [-0.25, -0.2) is 4.79 Å². The molecular formula is C18H20N2O3. The first-order valence-electron chi connectivity index (χ1n) is 8.16. The van der Waals surface area contributed by atoms with Crippen molar-refractivity contribution in [3.05, 3.63) is 52.8 Å². The number of aromatic nitrogens is 2. The Morgan fingerprint density at radius 2 is 2.17 bits per heavy atom. The van der Waals surface area contributed by atoms with E-state index in [-0.39, 0.29) is 12.6 Å². The lowest BCUT2D eigenvalue weighted by Crippen LogP contribution is -2.10.